The molecule has 0 atom stereocenters. The van der Waals surface area contributed by atoms with Crippen LogP contribution in [-0.4, -0.2) is 31.6 Å². The van der Waals surface area contributed by atoms with E-state index in [0.717, 1.165) is 30.0 Å². The van der Waals surface area contributed by atoms with Gasteiger partial charge in [0.2, 0.25) is 5.95 Å². The number of aromatic nitrogens is 3. The van der Waals surface area contributed by atoms with Crippen LogP contribution in [0, 0.1) is 11.6 Å². The van der Waals surface area contributed by atoms with Gasteiger partial charge in [0.15, 0.2) is 5.16 Å². The second kappa shape index (κ2) is 5.87. The number of benzene rings is 1. The molecule has 20 heavy (non-hydrogen) atoms. The van der Waals surface area contributed by atoms with Gasteiger partial charge >= 0.3 is 5.97 Å². The summed E-state index contributed by atoms with van der Waals surface area (Å²) in [5.74, 6) is -2.42. The molecule has 0 spiro atoms. The lowest BCUT2D eigenvalue weighted by molar-refractivity contribution is -0.133. The Labute approximate surface area is 116 Å². The van der Waals surface area contributed by atoms with Crippen LogP contribution in [0.15, 0.2) is 23.4 Å². The number of rotatable bonds is 5. The highest BCUT2D eigenvalue weighted by atomic mass is 32.2. The fourth-order valence-corrected chi connectivity index (χ4v) is 2.18. The van der Waals surface area contributed by atoms with Crippen molar-refractivity contribution in [1.29, 1.82) is 0 Å². The van der Waals surface area contributed by atoms with Crippen LogP contribution in [0.2, 0.25) is 0 Å². The van der Waals surface area contributed by atoms with E-state index in [1.165, 1.54) is 4.57 Å². The quantitative estimate of drug-likeness (QED) is 0.810. The molecular formula is C11H10F2N4O2S. The normalized spacial score (nSPS) is 10.7. The molecule has 1 aromatic heterocycles. The smallest absolute Gasteiger partial charge is 0.313 e. The van der Waals surface area contributed by atoms with Gasteiger partial charge in [0.05, 0.1) is 12.3 Å². The van der Waals surface area contributed by atoms with Crippen molar-refractivity contribution < 1.29 is 18.7 Å². The minimum Gasteiger partial charge on any atom is -0.481 e. The predicted molar refractivity (Wildman–Crippen MR) is 68.3 cm³/mol. The van der Waals surface area contributed by atoms with Gasteiger partial charge in [-0.05, 0) is 18.2 Å². The van der Waals surface area contributed by atoms with E-state index in [4.69, 9.17) is 10.8 Å². The highest BCUT2D eigenvalue weighted by Crippen LogP contribution is 2.21. The SMILES string of the molecule is Nc1nnc(SCC(=O)O)n1Cc1cc(F)ccc1F. The number of hydrogen-bond donors (Lipinski definition) is 2. The third-order valence-corrected chi connectivity index (χ3v) is 3.36. The maximum Gasteiger partial charge on any atom is 0.313 e. The van der Waals surface area contributed by atoms with Gasteiger partial charge in [-0.3, -0.25) is 9.36 Å². The number of carbonyl (C=O) groups is 1. The first kappa shape index (κ1) is 14.3. The molecule has 0 aliphatic carbocycles. The molecule has 0 saturated carbocycles. The summed E-state index contributed by atoms with van der Waals surface area (Å²) in [4.78, 5) is 10.5. The molecular weight excluding hydrogens is 290 g/mol. The molecule has 3 N–H and O–H groups in total. The molecule has 0 unspecified atom stereocenters. The van der Waals surface area contributed by atoms with Crippen LogP contribution >= 0.6 is 11.8 Å². The number of halogens is 2. The average molecular weight is 300 g/mol. The van der Waals surface area contributed by atoms with Gasteiger partial charge in [0, 0.05) is 5.56 Å². The third-order valence-electron chi connectivity index (χ3n) is 2.41. The highest BCUT2D eigenvalue weighted by Gasteiger charge is 2.14. The van der Waals surface area contributed by atoms with Crippen molar-refractivity contribution in [3.63, 3.8) is 0 Å². The van der Waals surface area contributed by atoms with E-state index in [1.54, 1.807) is 0 Å². The Morgan fingerprint density at radius 1 is 1.40 bits per heavy atom. The van der Waals surface area contributed by atoms with Crippen LogP contribution in [0.1, 0.15) is 5.56 Å². The van der Waals surface area contributed by atoms with Gasteiger partial charge < -0.3 is 10.8 Å². The Kier molecular flexibility index (Phi) is 4.18. The maximum atomic E-state index is 13.6. The zero-order valence-electron chi connectivity index (χ0n) is 10.1. The van der Waals surface area contributed by atoms with Crippen molar-refractivity contribution >= 4 is 23.7 Å². The summed E-state index contributed by atoms with van der Waals surface area (Å²) in [5.41, 5.74) is 5.67. The van der Waals surface area contributed by atoms with E-state index >= 15 is 0 Å². The van der Waals surface area contributed by atoms with Gasteiger partial charge in [-0.15, -0.1) is 10.2 Å². The Morgan fingerprint density at radius 2 is 2.15 bits per heavy atom. The second-order valence-electron chi connectivity index (χ2n) is 3.85. The Balaban J connectivity index is 2.26. The second-order valence-corrected chi connectivity index (χ2v) is 4.79. The number of carboxylic acid groups (broad SMARTS) is 1. The van der Waals surface area contributed by atoms with Gasteiger partial charge in [0.1, 0.15) is 11.6 Å². The van der Waals surface area contributed by atoms with Crippen LogP contribution in [0.4, 0.5) is 14.7 Å². The maximum absolute atomic E-state index is 13.6. The Bertz CT molecular complexity index is 647. The molecule has 0 amide bonds. The van der Waals surface area contributed by atoms with Gasteiger partial charge in [0.25, 0.3) is 0 Å². The largest absolute Gasteiger partial charge is 0.481 e. The topological polar surface area (TPSA) is 94.0 Å². The molecule has 0 saturated heterocycles. The lowest BCUT2D eigenvalue weighted by atomic mass is 10.2. The minimum atomic E-state index is -1.03. The summed E-state index contributed by atoms with van der Waals surface area (Å²) in [6.07, 6.45) is 0. The molecule has 2 rings (SSSR count). The van der Waals surface area contributed by atoms with Crippen molar-refractivity contribution in [2.45, 2.75) is 11.7 Å². The average Bonchev–Trinajstić information content (AvgIpc) is 2.73. The molecule has 0 aliphatic rings. The number of nitrogens with zero attached hydrogens (tertiary/aromatic N) is 3. The molecule has 0 radical (unpaired) electrons. The number of aliphatic carboxylic acids is 1. The molecule has 9 heteroatoms. The molecule has 106 valence electrons. The van der Waals surface area contributed by atoms with E-state index in [2.05, 4.69) is 10.2 Å². The molecule has 6 nitrogen and oxygen atoms in total. The fraction of sp³-hybridized carbons (Fsp3) is 0.182. The predicted octanol–water partition coefficient (Wildman–Crippen LogP) is 1.36. The Morgan fingerprint density at radius 3 is 2.85 bits per heavy atom. The summed E-state index contributed by atoms with van der Waals surface area (Å²) in [6.45, 7) is -0.0790. The first-order chi connectivity index (χ1) is 9.47. The first-order valence-electron chi connectivity index (χ1n) is 5.44. The fourth-order valence-electron chi connectivity index (χ4n) is 1.52. The number of nitrogen functional groups attached to an aromatic ring is 1. The summed E-state index contributed by atoms with van der Waals surface area (Å²) < 4.78 is 28.0. The third kappa shape index (κ3) is 3.23. The molecule has 0 fully saturated rings. The summed E-state index contributed by atoms with van der Waals surface area (Å²) in [7, 11) is 0. The lowest BCUT2D eigenvalue weighted by Gasteiger charge is -2.08. The van der Waals surface area contributed by atoms with E-state index in [0.29, 0.717) is 0 Å². The van der Waals surface area contributed by atoms with E-state index in [1.807, 2.05) is 0 Å². The minimum absolute atomic E-state index is 0.00144. The lowest BCUT2D eigenvalue weighted by Crippen LogP contribution is -2.09. The first-order valence-corrected chi connectivity index (χ1v) is 6.43. The highest BCUT2D eigenvalue weighted by molar-refractivity contribution is 7.99. The molecule has 0 bridgehead atoms. The van der Waals surface area contributed by atoms with Gasteiger partial charge in [-0.2, -0.15) is 0 Å². The summed E-state index contributed by atoms with van der Waals surface area (Å²) in [6, 6.07) is 3.06. The monoisotopic (exact) mass is 300 g/mol. The van der Waals surface area contributed by atoms with E-state index in [-0.39, 0.29) is 29.0 Å². The van der Waals surface area contributed by atoms with Gasteiger partial charge in [-0.25, -0.2) is 8.78 Å². The standard InChI is InChI=1S/C11H10F2N4O2S/c12-7-1-2-8(13)6(3-7)4-17-10(14)15-16-11(17)20-5-9(18)19/h1-3H,4-5H2,(H2,14,15)(H,18,19). The van der Waals surface area contributed by atoms with Crippen molar-refractivity contribution in [3.8, 4) is 0 Å². The molecule has 0 aliphatic heterocycles. The summed E-state index contributed by atoms with van der Waals surface area (Å²) in [5, 5.41) is 16.2. The van der Waals surface area contributed by atoms with Crippen LogP contribution < -0.4 is 5.73 Å². The van der Waals surface area contributed by atoms with Crippen molar-refractivity contribution in [2.75, 3.05) is 11.5 Å². The van der Waals surface area contributed by atoms with Crippen molar-refractivity contribution in [1.82, 2.24) is 14.8 Å². The van der Waals surface area contributed by atoms with Crippen LogP contribution in [0.5, 0.6) is 0 Å². The number of anilines is 1. The number of carboxylic acids is 1. The van der Waals surface area contributed by atoms with E-state index in [9.17, 15) is 13.6 Å². The zero-order valence-corrected chi connectivity index (χ0v) is 10.9. The van der Waals surface area contributed by atoms with Crippen LogP contribution in [0.25, 0.3) is 0 Å². The summed E-state index contributed by atoms with van der Waals surface area (Å²) >= 11 is 0.899. The van der Waals surface area contributed by atoms with Crippen molar-refractivity contribution in [3.05, 3.63) is 35.4 Å². The van der Waals surface area contributed by atoms with E-state index < -0.39 is 17.6 Å². The van der Waals surface area contributed by atoms with Gasteiger partial charge in [-0.1, -0.05) is 11.8 Å². The van der Waals surface area contributed by atoms with Crippen LogP contribution in [-0.2, 0) is 11.3 Å². The Hall–Kier alpha value is -2.16. The number of thioether (sulfide) groups is 1. The molecule has 1 aromatic carbocycles. The van der Waals surface area contributed by atoms with Crippen molar-refractivity contribution in [2.24, 2.45) is 0 Å². The number of hydrogen-bond acceptors (Lipinski definition) is 5. The molecule has 2 aromatic rings. The van der Waals surface area contributed by atoms with Crippen LogP contribution in [0.3, 0.4) is 0 Å². The number of nitrogens with two attached hydrogens (primary N) is 1. The zero-order chi connectivity index (χ0) is 14.7. The molecule has 1 heterocycles.